The number of hydrogen-bond donors (Lipinski definition) is 1. The van der Waals surface area contributed by atoms with Crippen LogP contribution in [-0.4, -0.2) is 15.0 Å². The van der Waals surface area contributed by atoms with Crippen molar-refractivity contribution in [1.82, 2.24) is 9.97 Å². The van der Waals surface area contributed by atoms with E-state index in [4.69, 9.17) is 22.7 Å². The molecule has 5 heteroatoms. The van der Waals surface area contributed by atoms with Gasteiger partial charge in [0, 0.05) is 17.3 Å². The summed E-state index contributed by atoms with van der Waals surface area (Å²) in [6, 6.07) is 13.3. The Morgan fingerprint density at radius 2 is 1.95 bits per heavy atom. The number of thiocarbonyl (C=S) groups is 1. The number of nitrogens with zero attached hydrogens (tertiary/aromatic N) is 2. The minimum atomic E-state index is 0.255. The number of pyridine rings is 2. The Hall–Kier alpha value is -2.53. The SMILES string of the molecule is Cc1ccc(C(N)=S)c(Oc2cccc3cccnc23)n1. The monoisotopic (exact) mass is 295 g/mol. The van der Waals surface area contributed by atoms with Crippen molar-refractivity contribution < 1.29 is 4.74 Å². The van der Waals surface area contributed by atoms with Gasteiger partial charge in [0.05, 0.1) is 5.56 Å². The van der Waals surface area contributed by atoms with Crippen LogP contribution in [0.15, 0.2) is 48.7 Å². The van der Waals surface area contributed by atoms with Gasteiger partial charge in [0.1, 0.15) is 10.5 Å². The van der Waals surface area contributed by atoms with E-state index in [1.165, 1.54) is 0 Å². The van der Waals surface area contributed by atoms with Crippen LogP contribution in [-0.2, 0) is 0 Å². The van der Waals surface area contributed by atoms with E-state index in [1.807, 2.05) is 49.4 Å². The maximum Gasteiger partial charge on any atom is 0.229 e. The Morgan fingerprint density at radius 1 is 1.14 bits per heavy atom. The lowest BCUT2D eigenvalue weighted by Crippen LogP contribution is -2.12. The summed E-state index contributed by atoms with van der Waals surface area (Å²) < 4.78 is 5.92. The van der Waals surface area contributed by atoms with Gasteiger partial charge in [-0.05, 0) is 31.2 Å². The molecule has 2 aromatic heterocycles. The van der Waals surface area contributed by atoms with Gasteiger partial charge < -0.3 is 10.5 Å². The molecule has 0 saturated heterocycles. The van der Waals surface area contributed by atoms with Crippen LogP contribution in [0.4, 0.5) is 0 Å². The molecule has 0 aliphatic carbocycles. The fourth-order valence-electron chi connectivity index (χ4n) is 2.06. The molecule has 0 spiro atoms. The number of aryl methyl sites for hydroxylation is 1. The third kappa shape index (κ3) is 2.68. The highest BCUT2D eigenvalue weighted by Gasteiger charge is 2.12. The van der Waals surface area contributed by atoms with E-state index < -0.39 is 0 Å². The van der Waals surface area contributed by atoms with Gasteiger partial charge in [-0.1, -0.05) is 30.4 Å². The lowest BCUT2D eigenvalue weighted by atomic mass is 10.2. The van der Waals surface area contributed by atoms with E-state index >= 15 is 0 Å². The molecule has 0 fully saturated rings. The molecule has 104 valence electrons. The zero-order chi connectivity index (χ0) is 14.8. The molecule has 2 heterocycles. The Bertz CT molecular complexity index is 827. The summed E-state index contributed by atoms with van der Waals surface area (Å²) in [4.78, 5) is 8.99. The maximum atomic E-state index is 5.92. The molecule has 3 aromatic rings. The van der Waals surface area contributed by atoms with Crippen molar-refractivity contribution in [3.8, 4) is 11.6 Å². The summed E-state index contributed by atoms with van der Waals surface area (Å²) >= 11 is 5.05. The zero-order valence-electron chi connectivity index (χ0n) is 11.4. The number of hydrogen-bond acceptors (Lipinski definition) is 4. The summed E-state index contributed by atoms with van der Waals surface area (Å²) in [5, 5.41) is 1.000. The van der Waals surface area contributed by atoms with E-state index in [9.17, 15) is 0 Å². The van der Waals surface area contributed by atoms with Crippen molar-refractivity contribution in [2.45, 2.75) is 6.92 Å². The largest absolute Gasteiger partial charge is 0.436 e. The summed E-state index contributed by atoms with van der Waals surface area (Å²) in [5.74, 6) is 1.03. The first-order chi connectivity index (χ1) is 10.1. The first kappa shape index (κ1) is 13.5. The van der Waals surface area contributed by atoms with E-state index in [1.54, 1.807) is 6.20 Å². The average Bonchev–Trinajstić information content (AvgIpc) is 2.47. The highest BCUT2D eigenvalue weighted by atomic mass is 32.1. The van der Waals surface area contributed by atoms with Gasteiger partial charge in [-0.15, -0.1) is 0 Å². The van der Waals surface area contributed by atoms with E-state index in [-0.39, 0.29) is 4.99 Å². The molecule has 0 atom stereocenters. The van der Waals surface area contributed by atoms with Crippen molar-refractivity contribution in [1.29, 1.82) is 0 Å². The number of rotatable bonds is 3. The molecular weight excluding hydrogens is 282 g/mol. The van der Waals surface area contributed by atoms with Crippen molar-refractivity contribution in [3.05, 3.63) is 59.9 Å². The first-order valence-electron chi connectivity index (χ1n) is 6.44. The van der Waals surface area contributed by atoms with Gasteiger partial charge in [-0.3, -0.25) is 4.98 Å². The fourth-order valence-corrected chi connectivity index (χ4v) is 2.22. The highest BCUT2D eigenvalue weighted by molar-refractivity contribution is 7.80. The normalized spacial score (nSPS) is 10.5. The molecule has 2 N–H and O–H groups in total. The molecule has 0 aliphatic rings. The molecular formula is C16H13N3OS. The quantitative estimate of drug-likeness (QED) is 0.751. The maximum absolute atomic E-state index is 5.92. The molecule has 0 aliphatic heterocycles. The molecule has 0 saturated carbocycles. The van der Waals surface area contributed by atoms with Crippen LogP contribution in [0.1, 0.15) is 11.3 Å². The third-order valence-electron chi connectivity index (χ3n) is 3.07. The molecule has 4 nitrogen and oxygen atoms in total. The van der Waals surface area contributed by atoms with Crippen LogP contribution >= 0.6 is 12.2 Å². The Labute approximate surface area is 127 Å². The number of para-hydroxylation sites is 1. The molecule has 3 rings (SSSR count). The number of aromatic nitrogens is 2. The van der Waals surface area contributed by atoms with Crippen LogP contribution in [0.2, 0.25) is 0 Å². The molecule has 1 aromatic carbocycles. The Balaban J connectivity index is 2.11. The van der Waals surface area contributed by atoms with Crippen LogP contribution in [0, 0.1) is 6.92 Å². The average molecular weight is 295 g/mol. The minimum Gasteiger partial charge on any atom is -0.436 e. The number of benzene rings is 1. The van der Waals surface area contributed by atoms with E-state index in [0.29, 0.717) is 17.2 Å². The van der Waals surface area contributed by atoms with Gasteiger partial charge in [-0.25, -0.2) is 4.98 Å². The second-order valence-electron chi connectivity index (χ2n) is 4.60. The molecule has 0 amide bonds. The van der Waals surface area contributed by atoms with Crippen LogP contribution in [0.3, 0.4) is 0 Å². The fraction of sp³-hybridized carbons (Fsp3) is 0.0625. The van der Waals surface area contributed by atoms with Gasteiger partial charge in [0.2, 0.25) is 5.88 Å². The number of ether oxygens (including phenoxy) is 1. The van der Waals surface area contributed by atoms with Crippen molar-refractivity contribution >= 4 is 28.1 Å². The number of nitrogens with two attached hydrogens (primary N) is 1. The standard InChI is InChI=1S/C16H13N3OS/c1-10-7-8-12(15(17)21)16(19-10)20-13-6-2-4-11-5-3-9-18-14(11)13/h2-9H,1H3,(H2,17,21). The topological polar surface area (TPSA) is 61.0 Å². The highest BCUT2D eigenvalue weighted by Crippen LogP contribution is 2.29. The Morgan fingerprint density at radius 3 is 2.76 bits per heavy atom. The smallest absolute Gasteiger partial charge is 0.229 e. The molecule has 0 radical (unpaired) electrons. The number of fused-ring (bicyclic) bond motifs is 1. The lowest BCUT2D eigenvalue weighted by molar-refractivity contribution is 0.465. The third-order valence-corrected chi connectivity index (χ3v) is 3.29. The summed E-state index contributed by atoms with van der Waals surface area (Å²) in [5.41, 5.74) is 7.95. The summed E-state index contributed by atoms with van der Waals surface area (Å²) in [6.45, 7) is 1.89. The van der Waals surface area contributed by atoms with E-state index in [2.05, 4.69) is 9.97 Å². The summed E-state index contributed by atoms with van der Waals surface area (Å²) in [6.07, 6.45) is 1.73. The van der Waals surface area contributed by atoms with E-state index in [0.717, 1.165) is 16.6 Å². The van der Waals surface area contributed by atoms with Crippen LogP contribution < -0.4 is 10.5 Å². The molecule has 21 heavy (non-hydrogen) atoms. The van der Waals surface area contributed by atoms with Crippen molar-refractivity contribution in [2.24, 2.45) is 5.73 Å². The molecule has 0 bridgehead atoms. The van der Waals surface area contributed by atoms with Crippen LogP contribution in [0.25, 0.3) is 10.9 Å². The van der Waals surface area contributed by atoms with Gasteiger partial charge in [0.15, 0.2) is 5.75 Å². The van der Waals surface area contributed by atoms with Gasteiger partial charge in [-0.2, -0.15) is 0 Å². The lowest BCUT2D eigenvalue weighted by Gasteiger charge is -2.11. The predicted octanol–water partition coefficient (Wildman–Crippen LogP) is 3.36. The van der Waals surface area contributed by atoms with Gasteiger partial charge in [0.25, 0.3) is 0 Å². The minimum absolute atomic E-state index is 0.255. The van der Waals surface area contributed by atoms with Crippen LogP contribution in [0.5, 0.6) is 11.6 Å². The van der Waals surface area contributed by atoms with Gasteiger partial charge >= 0.3 is 0 Å². The molecule has 0 unspecified atom stereocenters. The zero-order valence-corrected chi connectivity index (χ0v) is 12.2. The predicted molar refractivity (Wildman–Crippen MR) is 86.7 cm³/mol. The first-order valence-corrected chi connectivity index (χ1v) is 6.85. The second kappa shape index (κ2) is 5.46. The van der Waals surface area contributed by atoms with Crippen molar-refractivity contribution in [3.63, 3.8) is 0 Å². The second-order valence-corrected chi connectivity index (χ2v) is 5.04. The van der Waals surface area contributed by atoms with Crippen molar-refractivity contribution in [2.75, 3.05) is 0 Å². The summed E-state index contributed by atoms with van der Waals surface area (Å²) in [7, 11) is 0. The Kier molecular flexibility index (Phi) is 3.50.